The van der Waals surface area contributed by atoms with Crippen LogP contribution < -0.4 is 9.47 Å². The molecule has 2 rings (SSSR count). The standard InChI is InChI=1S/C16H16NO3/c1-18-15-8-6-13(7-9-15)11-17-20-12-14-4-3-5-16(10-14)19-2/h3-10H,12H2,1-2H3. The van der Waals surface area contributed by atoms with Gasteiger partial charge in [0.15, 0.2) is 0 Å². The molecule has 0 amide bonds. The van der Waals surface area contributed by atoms with E-state index >= 15 is 0 Å². The van der Waals surface area contributed by atoms with Gasteiger partial charge < -0.3 is 14.3 Å². The first-order chi connectivity index (χ1) is 9.81. The summed E-state index contributed by atoms with van der Waals surface area (Å²) in [5.41, 5.74) is 1.82. The summed E-state index contributed by atoms with van der Waals surface area (Å²) in [7, 11) is 3.26. The number of hydrogen-bond acceptors (Lipinski definition) is 4. The third-order valence-electron chi connectivity index (χ3n) is 2.69. The molecule has 0 saturated carbocycles. The van der Waals surface area contributed by atoms with Crippen molar-refractivity contribution in [1.29, 1.82) is 0 Å². The van der Waals surface area contributed by atoms with Crippen molar-refractivity contribution in [2.24, 2.45) is 5.16 Å². The normalized spacial score (nSPS) is 10.5. The Morgan fingerprint density at radius 1 is 0.950 bits per heavy atom. The van der Waals surface area contributed by atoms with Crippen LogP contribution in [-0.4, -0.2) is 20.4 Å². The Labute approximate surface area is 118 Å². The molecule has 0 bridgehead atoms. The Bertz CT molecular complexity index is 564. The van der Waals surface area contributed by atoms with Crippen molar-refractivity contribution in [2.45, 2.75) is 6.61 Å². The SMILES string of the molecule is COc1ccc(/[C]=N\OCc2cccc(OC)c2)cc1. The predicted molar refractivity (Wildman–Crippen MR) is 77.3 cm³/mol. The molecule has 20 heavy (non-hydrogen) atoms. The van der Waals surface area contributed by atoms with E-state index in [1.54, 1.807) is 14.2 Å². The van der Waals surface area contributed by atoms with E-state index in [1.165, 1.54) is 0 Å². The van der Waals surface area contributed by atoms with E-state index in [0.29, 0.717) is 6.61 Å². The monoisotopic (exact) mass is 270 g/mol. The van der Waals surface area contributed by atoms with Gasteiger partial charge in [0, 0.05) is 5.56 Å². The van der Waals surface area contributed by atoms with Crippen molar-refractivity contribution < 1.29 is 14.3 Å². The van der Waals surface area contributed by atoms with E-state index in [1.807, 2.05) is 48.5 Å². The molecule has 0 spiro atoms. The Kier molecular flexibility index (Phi) is 5.00. The Morgan fingerprint density at radius 2 is 1.70 bits per heavy atom. The molecule has 103 valence electrons. The summed E-state index contributed by atoms with van der Waals surface area (Å²) in [5.74, 6) is 1.60. The molecule has 1 radical (unpaired) electrons. The van der Waals surface area contributed by atoms with E-state index < -0.39 is 0 Å². The molecule has 0 unspecified atom stereocenters. The minimum Gasteiger partial charge on any atom is -0.497 e. The molecule has 2 aromatic rings. The predicted octanol–water partition coefficient (Wildman–Crippen LogP) is 3.13. The molecular weight excluding hydrogens is 254 g/mol. The lowest BCUT2D eigenvalue weighted by Crippen LogP contribution is -1.90. The van der Waals surface area contributed by atoms with Crippen LogP contribution in [-0.2, 0) is 11.4 Å². The molecule has 0 aliphatic rings. The molecule has 4 heteroatoms. The number of nitrogens with zero attached hydrogens (tertiary/aromatic N) is 1. The summed E-state index contributed by atoms with van der Waals surface area (Å²) < 4.78 is 10.2. The molecule has 4 nitrogen and oxygen atoms in total. The third kappa shape index (κ3) is 4.02. The van der Waals surface area contributed by atoms with Crippen LogP contribution in [0.15, 0.2) is 53.7 Å². The lowest BCUT2D eigenvalue weighted by atomic mass is 10.2. The smallest absolute Gasteiger partial charge is 0.142 e. The highest BCUT2D eigenvalue weighted by atomic mass is 16.6. The molecular formula is C16H16NO3. The number of benzene rings is 2. The maximum Gasteiger partial charge on any atom is 0.142 e. The van der Waals surface area contributed by atoms with Crippen LogP contribution in [0.4, 0.5) is 0 Å². The van der Waals surface area contributed by atoms with Gasteiger partial charge in [0.25, 0.3) is 0 Å². The fourth-order valence-corrected chi connectivity index (χ4v) is 1.62. The number of rotatable bonds is 6. The number of methoxy groups -OCH3 is 2. The van der Waals surface area contributed by atoms with E-state index in [4.69, 9.17) is 14.3 Å². The van der Waals surface area contributed by atoms with Gasteiger partial charge >= 0.3 is 0 Å². The quantitative estimate of drug-likeness (QED) is 0.598. The van der Waals surface area contributed by atoms with E-state index in [2.05, 4.69) is 11.4 Å². The van der Waals surface area contributed by atoms with Gasteiger partial charge in [-0.3, -0.25) is 0 Å². The van der Waals surface area contributed by atoms with Crippen molar-refractivity contribution in [3.05, 3.63) is 59.7 Å². The van der Waals surface area contributed by atoms with Crippen LogP contribution in [0, 0.1) is 0 Å². The van der Waals surface area contributed by atoms with Crippen LogP contribution in [0.25, 0.3) is 0 Å². The number of ether oxygens (including phenoxy) is 2. The first-order valence-electron chi connectivity index (χ1n) is 6.17. The first-order valence-corrected chi connectivity index (χ1v) is 6.17. The Hall–Kier alpha value is -2.49. The van der Waals surface area contributed by atoms with Crippen LogP contribution in [0.2, 0.25) is 0 Å². The highest BCUT2D eigenvalue weighted by Crippen LogP contribution is 2.13. The topological polar surface area (TPSA) is 40.0 Å². The lowest BCUT2D eigenvalue weighted by Gasteiger charge is -2.03. The molecule has 0 saturated heterocycles. The van der Waals surface area contributed by atoms with Gasteiger partial charge in [-0.05, 0) is 42.0 Å². The van der Waals surface area contributed by atoms with E-state index in [-0.39, 0.29) is 0 Å². The van der Waals surface area contributed by atoms with Crippen molar-refractivity contribution in [2.75, 3.05) is 14.2 Å². The minimum atomic E-state index is 0.375. The zero-order valence-electron chi connectivity index (χ0n) is 11.5. The van der Waals surface area contributed by atoms with Gasteiger partial charge in [-0.25, -0.2) is 0 Å². The fourth-order valence-electron chi connectivity index (χ4n) is 1.62. The summed E-state index contributed by atoms with van der Waals surface area (Å²) in [4.78, 5) is 5.21. The maximum absolute atomic E-state index is 5.21. The fraction of sp³-hybridized carbons (Fsp3) is 0.188. The molecule has 0 aliphatic heterocycles. The molecule has 0 aliphatic carbocycles. The van der Waals surface area contributed by atoms with Crippen molar-refractivity contribution in [1.82, 2.24) is 0 Å². The zero-order chi connectivity index (χ0) is 14.2. The van der Waals surface area contributed by atoms with E-state index in [9.17, 15) is 0 Å². The average Bonchev–Trinajstić information content (AvgIpc) is 2.52. The average molecular weight is 270 g/mol. The van der Waals surface area contributed by atoms with Gasteiger partial charge in [-0.2, -0.15) is 0 Å². The molecule has 0 N–H and O–H groups in total. The van der Waals surface area contributed by atoms with Crippen molar-refractivity contribution in [3.63, 3.8) is 0 Å². The first kappa shape index (κ1) is 13.9. The highest BCUT2D eigenvalue weighted by Gasteiger charge is 1.96. The van der Waals surface area contributed by atoms with Crippen LogP contribution >= 0.6 is 0 Å². The summed E-state index contributed by atoms with van der Waals surface area (Å²) in [6.07, 6.45) is 2.81. The summed E-state index contributed by atoms with van der Waals surface area (Å²) >= 11 is 0. The summed E-state index contributed by atoms with van der Waals surface area (Å²) in [5, 5.41) is 3.82. The summed E-state index contributed by atoms with van der Waals surface area (Å²) in [6.45, 7) is 0.375. The van der Waals surface area contributed by atoms with Gasteiger partial charge in [-0.1, -0.05) is 17.3 Å². The molecule has 0 atom stereocenters. The summed E-state index contributed by atoms with van der Waals surface area (Å²) in [6, 6.07) is 15.1. The highest BCUT2D eigenvalue weighted by molar-refractivity contribution is 5.79. The Balaban J connectivity index is 1.86. The van der Waals surface area contributed by atoms with Crippen molar-refractivity contribution >= 4 is 6.21 Å². The van der Waals surface area contributed by atoms with Gasteiger partial charge in [-0.15, -0.1) is 0 Å². The van der Waals surface area contributed by atoms with Crippen LogP contribution in [0.5, 0.6) is 11.5 Å². The minimum absolute atomic E-state index is 0.375. The van der Waals surface area contributed by atoms with Gasteiger partial charge in [0.1, 0.15) is 24.3 Å². The third-order valence-corrected chi connectivity index (χ3v) is 2.69. The number of hydrogen-bond donors (Lipinski definition) is 0. The van der Waals surface area contributed by atoms with Crippen LogP contribution in [0.3, 0.4) is 0 Å². The maximum atomic E-state index is 5.21. The van der Waals surface area contributed by atoms with Crippen molar-refractivity contribution in [3.8, 4) is 11.5 Å². The molecule has 0 heterocycles. The Morgan fingerprint density at radius 3 is 2.40 bits per heavy atom. The second-order valence-corrected chi connectivity index (χ2v) is 4.06. The lowest BCUT2D eigenvalue weighted by molar-refractivity contribution is 0.132. The van der Waals surface area contributed by atoms with E-state index in [0.717, 1.165) is 22.6 Å². The van der Waals surface area contributed by atoms with Crippen LogP contribution in [0.1, 0.15) is 11.1 Å². The van der Waals surface area contributed by atoms with Gasteiger partial charge in [0.05, 0.1) is 14.2 Å². The zero-order valence-corrected chi connectivity index (χ0v) is 11.5. The molecule has 0 aromatic heterocycles. The second kappa shape index (κ2) is 7.19. The second-order valence-electron chi connectivity index (χ2n) is 4.06. The molecule has 2 aromatic carbocycles. The van der Waals surface area contributed by atoms with Gasteiger partial charge in [0.2, 0.25) is 0 Å². The molecule has 0 fully saturated rings. The largest absolute Gasteiger partial charge is 0.497 e.